The summed E-state index contributed by atoms with van der Waals surface area (Å²) in [5, 5.41) is 13.4. The van der Waals surface area contributed by atoms with Gasteiger partial charge < -0.3 is 9.63 Å². The third-order valence-electron chi connectivity index (χ3n) is 3.88. The molecular formula is C16H18N2O3. The average Bonchev–Trinajstić information content (AvgIpc) is 2.97. The summed E-state index contributed by atoms with van der Waals surface area (Å²) >= 11 is 0. The van der Waals surface area contributed by atoms with Crippen LogP contribution in [-0.4, -0.2) is 33.7 Å². The van der Waals surface area contributed by atoms with Crippen LogP contribution >= 0.6 is 0 Å². The second-order valence-corrected chi connectivity index (χ2v) is 5.37. The van der Waals surface area contributed by atoms with Gasteiger partial charge in [0.15, 0.2) is 5.76 Å². The molecule has 3 rings (SSSR count). The van der Waals surface area contributed by atoms with E-state index in [1.807, 2.05) is 41.3 Å². The zero-order valence-electron chi connectivity index (χ0n) is 11.7. The van der Waals surface area contributed by atoms with Crippen molar-refractivity contribution in [2.45, 2.75) is 31.8 Å². The smallest absolute Gasteiger partial charge is 0.320 e. The summed E-state index contributed by atoms with van der Waals surface area (Å²) in [5.74, 6) is -0.0315. The van der Waals surface area contributed by atoms with Crippen molar-refractivity contribution in [1.82, 2.24) is 10.1 Å². The molecule has 0 aliphatic carbocycles. The fourth-order valence-electron chi connectivity index (χ4n) is 2.79. The Kier molecular flexibility index (Phi) is 4.01. The van der Waals surface area contributed by atoms with Crippen LogP contribution in [0.15, 0.2) is 40.9 Å². The van der Waals surface area contributed by atoms with Crippen molar-refractivity contribution >= 4 is 5.97 Å². The number of hydrogen-bond donors (Lipinski definition) is 1. The summed E-state index contributed by atoms with van der Waals surface area (Å²) in [5.41, 5.74) is 1.76. The van der Waals surface area contributed by atoms with Gasteiger partial charge >= 0.3 is 5.97 Å². The van der Waals surface area contributed by atoms with Gasteiger partial charge in [0.2, 0.25) is 0 Å². The second-order valence-electron chi connectivity index (χ2n) is 5.37. The second kappa shape index (κ2) is 6.10. The van der Waals surface area contributed by atoms with Gasteiger partial charge in [0.1, 0.15) is 6.04 Å². The van der Waals surface area contributed by atoms with Gasteiger partial charge in [-0.05, 0) is 19.4 Å². The highest BCUT2D eigenvalue weighted by molar-refractivity contribution is 5.73. The maximum absolute atomic E-state index is 11.3. The summed E-state index contributed by atoms with van der Waals surface area (Å²) < 4.78 is 5.36. The van der Waals surface area contributed by atoms with Gasteiger partial charge in [0.05, 0.1) is 5.69 Å². The van der Waals surface area contributed by atoms with Gasteiger partial charge in [0, 0.05) is 18.2 Å². The van der Waals surface area contributed by atoms with E-state index < -0.39 is 12.0 Å². The number of aromatic nitrogens is 1. The Bertz CT molecular complexity index is 609. The molecule has 1 saturated heterocycles. The van der Waals surface area contributed by atoms with Gasteiger partial charge in [-0.2, -0.15) is 0 Å². The van der Waals surface area contributed by atoms with Crippen molar-refractivity contribution in [2.75, 3.05) is 6.54 Å². The first-order valence-corrected chi connectivity index (χ1v) is 7.22. The van der Waals surface area contributed by atoms with Crippen LogP contribution in [-0.2, 0) is 11.3 Å². The van der Waals surface area contributed by atoms with Gasteiger partial charge in [-0.25, -0.2) is 0 Å². The van der Waals surface area contributed by atoms with Crippen LogP contribution in [0.5, 0.6) is 0 Å². The van der Waals surface area contributed by atoms with Crippen molar-refractivity contribution in [2.24, 2.45) is 0 Å². The largest absolute Gasteiger partial charge is 0.480 e. The SMILES string of the molecule is O=C(O)C1CCCCN1Cc1cc(-c2ccccc2)on1. The van der Waals surface area contributed by atoms with E-state index in [2.05, 4.69) is 5.16 Å². The Morgan fingerprint density at radius 2 is 2.14 bits per heavy atom. The lowest BCUT2D eigenvalue weighted by Crippen LogP contribution is -2.44. The monoisotopic (exact) mass is 286 g/mol. The third-order valence-corrected chi connectivity index (χ3v) is 3.88. The first kappa shape index (κ1) is 13.8. The minimum Gasteiger partial charge on any atom is -0.480 e. The number of carboxylic acid groups (broad SMARTS) is 1. The van der Waals surface area contributed by atoms with Gasteiger partial charge in [-0.3, -0.25) is 9.69 Å². The fourth-order valence-corrected chi connectivity index (χ4v) is 2.79. The zero-order chi connectivity index (χ0) is 14.7. The number of nitrogens with zero attached hydrogens (tertiary/aromatic N) is 2. The Morgan fingerprint density at radius 1 is 1.33 bits per heavy atom. The molecule has 1 aromatic carbocycles. The van der Waals surface area contributed by atoms with E-state index >= 15 is 0 Å². The lowest BCUT2D eigenvalue weighted by Gasteiger charge is -2.31. The van der Waals surface area contributed by atoms with Crippen molar-refractivity contribution < 1.29 is 14.4 Å². The Balaban J connectivity index is 1.73. The van der Waals surface area contributed by atoms with E-state index in [0.717, 1.165) is 36.4 Å². The topological polar surface area (TPSA) is 66.6 Å². The molecule has 0 spiro atoms. The number of hydrogen-bond acceptors (Lipinski definition) is 4. The van der Waals surface area contributed by atoms with E-state index in [1.54, 1.807) is 0 Å². The third kappa shape index (κ3) is 3.13. The van der Waals surface area contributed by atoms with Crippen molar-refractivity contribution in [3.8, 4) is 11.3 Å². The zero-order valence-corrected chi connectivity index (χ0v) is 11.7. The van der Waals surface area contributed by atoms with E-state index in [-0.39, 0.29) is 0 Å². The van der Waals surface area contributed by atoms with Crippen LogP contribution < -0.4 is 0 Å². The van der Waals surface area contributed by atoms with Gasteiger partial charge in [0.25, 0.3) is 0 Å². The molecule has 1 unspecified atom stereocenters. The molecule has 0 bridgehead atoms. The Morgan fingerprint density at radius 3 is 2.90 bits per heavy atom. The molecule has 0 amide bonds. The normalized spacial score (nSPS) is 19.5. The quantitative estimate of drug-likeness (QED) is 0.936. The molecule has 2 heterocycles. The van der Waals surface area contributed by atoms with E-state index in [4.69, 9.17) is 4.52 Å². The summed E-state index contributed by atoms with van der Waals surface area (Å²) in [7, 11) is 0. The van der Waals surface area contributed by atoms with E-state index in [9.17, 15) is 9.90 Å². The predicted octanol–water partition coefficient (Wildman–Crippen LogP) is 2.78. The van der Waals surface area contributed by atoms with Gasteiger partial charge in [-0.15, -0.1) is 0 Å². The molecule has 21 heavy (non-hydrogen) atoms. The summed E-state index contributed by atoms with van der Waals surface area (Å²) in [6.07, 6.45) is 2.72. The van der Waals surface area contributed by atoms with Gasteiger partial charge in [-0.1, -0.05) is 41.9 Å². The number of benzene rings is 1. The lowest BCUT2D eigenvalue weighted by molar-refractivity contribution is -0.144. The molecule has 5 nitrogen and oxygen atoms in total. The number of rotatable bonds is 4. The molecule has 1 aliphatic heterocycles. The maximum atomic E-state index is 11.3. The molecule has 1 aliphatic rings. The average molecular weight is 286 g/mol. The number of carbonyl (C=O) groups is 1. The highest BCUT2D eigenvalue weighted by Gasteiger charge is 2.28. The molecule has 0 radical (unpaired) electrons. The fraction of sp³-hybridized carbons (Fsp3) is 0.375. The van der Waals surface area contributed by atoms with Crippen LogP contribution in [0.25, 0.3) is 11.3 Å². The van der Waals surface area contributed by atoms with Crippen LogP contribution in [0.3, 0.4) is 0 Å². The minimum atomic E-state index is -0.749. The number of aliphatic carboxylic acids is 1. The Hall–Kier alpha value is -2.14. The number of piperidine rings is 1. The van der Waals surface area contributed by atoms with Crippen molar-refractivity contribution in [1.29, 1.82) is 0 Å². The molecular weight excluding hydrogens is 268 g/mol. The lowest BCUT2D eigenvalue weighted by atomic mass is 10.0. The molecule has 1 N–H and O–H groups in total. The number of carboxylic acids is 1. The van der Waals surface area contributed by atoms with E-state index in [0.29, 0.717) is 13.0 Å². The minimum absolute atomic E-state index is 0.407. The molecule has 110 valence electrons. The standard InChI is InChI=1S/C16H18N2O3/c19-16(20)14-8-4-5-9-18(14)11-13-10-15(21-17-13)12-6-2-1-3-7-12/h1-3,6-7,10,14H,4-5,8-9,11H2,(H,19,20). The summed E-state index contributed by atoms with van der Waals surface area (Å²) in [6, 6.07) is 11.3. The van der Waals surface area contributed by atoms with Crippen molar-refractivity contribution in [3.05, 3.63) is 42.1 Å². The summed E-state index contributed by atoms with van der Waals surface area (Å²) in [6.45, 7) is 1.32. The van der Waals surface area contributed by atoms with E-state index in [1.165, 1.54) is 0 Å². The predicted molar refractivity (Wildman–Crippen MR) is 77.6 cm³/mol. The highest BCUT2D eigenvalue weighted by atomic mass is 16.5. The van der Waals surface area contributed by atoms with Crippen molar-refractivity contribution in [3.63, 3.8) is 0 Å². The Labute approximate surface area is 123 Å². The first-order valence-electron chi connectivity index (χ1n) is 7.22. The molecule has 1 aromatic heterocycles. The highest BCUT2D eigenvalue weighted by Crippen LogP contribution is 2.23. The van der Waals surface area contributed by atoms with Crippen LogP contribution in [0.2, 0.25) is 0 Å². The van der Waals surface area contributed by atoms with Crippen LogP contribution in [0.4, 0.5) is 0 Å². The maximum Gasteiger partial charge on any atom is 0.320 e. The summed E-state index contributed by atoms with van der Waals surface area (Å²) in [4.78, 5) is 13.3. The molecule has 1 atom stereocenters. The van der Waals surface area contributed by atoms with Crippen LogP contribution in [0.1, 0.15) is 25.0 Å². The molecule has 2 aromatic rings. The molecule has 5 heteroatoms. The first-order chi connectivity index (χ1) is 10.2. The number of likely N-dealkylation sites (tertiary alicyclic amines) is 1. The molecule has 0 saturated carbocycles. The van der Waals surface area contributed by atoms with Crippen LogP contribution in [0, 0.1) is 0 Å². The molecule has 1 fully saturated rings.